The summed E-state index contributed by atoms with van der Waals surface area (Å²) in [6.07, 6.45) is 7.45. The maximum atomic E-state index is 12.5. The Morgan fingerprint density at radius 2 is 1.48 bits per heavy atom. The van der Waals surface area contributed by atoms with E-state index in [1.54, 1.807) is 0 Å². The average Bonchev–Trinajstić information content (AvgIpc) is 3.15. The number of aryl methyl sites for hydroxylation is 1. The molecule has 0 bridgehead atoms. The van der Waals surface area contributed by atoms with E-state index in [0.717, 1.165) is 17.9 Å². The molecular weight excluding hydrogens is 312 g/mol. The van der Waals surface area contributed by atoms with Crippen LogP contribution in [-0.2, 0) is 16.0 Å². The zero-order chi connectivity index (χ0) is 17.6. The normalized spacial score (nSPS) is 18.6. The van der Waals surface area contributed by atoms with Gasteiger partial charge in [0.25, 0.3) is 0 Å². The number of carbonyl (C=O) groups excluding carboxylic acids is 2. The number of nitrogens with zero attached hydrogens (tertiary/aromatic N) is 2. The molecular formula is C21H30N2O2. The van der Waals surface area contributed by atoms with Gasteiger partial charge in [-0.2, -0.15) is 0 Å². The molecule has 1 aromatic rings. The lowest BCUT2D eigenvalue weighted by molar-refractivity contribution is -0.139. The number of piperazine rings is 1. The summed E-state index contributed by atoms with van der Waals surface area (Å²) in [5.74, 6) is 1.21. The lowest BCUT2D eigenvalue weighted by Gasteiger charge is -2.35. The lowest BCUT2D eigenvalue weighted by Crippen LogP contribution is -2.51. The second-order valence-electron chi connectivity index (χ2n) is 7.61. The molecule has 4 heteroatoms. The molecule has 1 saturated carbocycles. The zero-order valence-electron chi connectivity index (χ0n) is 15.4. The predicted molar refractivity (Wildman–Crippen MR) is 99.2 cm³/mol. The number of hydrogen-bond donors (Lipinski definition) is 0. The first-order chi connectivity index (χ1) is 12.1. The van der Waals surface area contributed by atoms with Crippen LogP contribution in [0.15, 0.2) is 24.3 Å². The fraction of sp³-hybridized carbons (Fsp3) is 0.619. The molecule has 0 radical (unpaired) electrons. The highest BCUT2D eigenvalue weighted by atomic mass is 16.2. The molecule has 0 N–H and O–H groups in total. The molecule has 1 aliphatic carbocycles. The van der Waals surface area contributed by atoms with Crippen molar-refractivity contribution in [3.63, 3.8) is 0 Å². The standard InChI is InChI=1S/C21H30N2O2/c1-17-6-8-19(9-7-17)16-21(25)23-14-12-22(13-15-23)20(24)11-10-18-4-2-3-5-18/h6-9,18H,2-5,10-16H2,1H3. The smallest absolute Gasteiger partial charge is 0.227 e. The van der Waals surface area contributed by atoms with Crippen molar-refractivity contribution < 1.29 is 9.59 Å². The monoisotopic (exact) mass is 342 g/mol. The first-order valence-electron chi connectivity index (χ1n) is 9.73. The summed E-state index contributed by atoms with van der Waals surface area (Å²) in [5.41, 5.74) is 2.27. The van der Waals surface area contributed by atoms with E-state index in [2.05, 4.69) is 6.92 Å². The van der Waals surface area contributed by atoms with Gasteiger partial charge >= 0.3 is 0 Å². The molecule has 0 atom stereocenters. The topological polar surface area (TPSA) is 40.6 Å². The van der Waals surface area contributed by atoms with E-state index in [0.29, 0.717) is 39.0 Å². The van der Waals surface area contributed by atoms with Gasteiger partial charge in [0.15, 0.2) is 0 Å². The molecule has 1 saturated heterocycles. The van der Waals surface area contributed by atoms with Gasteiger partial charge in [-0.1, -0.05) is 55.5 Å². The van der Waals surface area contributed by atoms with E-state index in [1.807, 2.05) is 34.1 Å². The zero-order valence-corrected chi connectivity index (χ0v) is 15.4. The number of hydrogen-bond acceptors (Lipinski definition) is 2. The second kappa shape index (κ2) is 8.50. The van der Waals surface area contributed by atoms with Crippen LogP contribution in [0.3, 0.4) is 0 Å². The molecule has 1 aliphatic heterocycles. The third-order valence-electron chi connectivity index (χ3n) is 5.70. The SMILES string of the molecule is Cc1ccc(CC(=O)N2CCN(C(=O)CCC3CCCC3)CC2)cc1. The van der Waals surface area contributed by atoms with Gasteiger partial charge in [-0.15, -0.1) is 0 Å². The van der Waals surface area contributed by atoms with Crippen LogP contribution < -0.4 is 0 Å². The van der Waals surface area contributed by atoms with Gasteiger partial charge in [0.2, 0.25) is 11.8 Å². The maximum absolute atomic E-state index is 12.5. The summed E-state index contributed by atoms with van der Waals surface area (Å²) < 4.78 is 0. The van der Waals surface area contributed by atoms with E-state index in [9.17, 15) is 9.59 Å². The third kappa shape index (κ3) is 5.07. The van der Waals surface area contributed by atoms with Crippen molar-refractivity contribution in [2.75, 3.05) is 26.2 Å². The van der Waals surface area contributed by atoms with Crippen LogP contribution in [0.2, 0.25) is 0 Å². The Morgan fingerprint density at radius 1 is 0.920 bits per heavy atom. The summed E-state index contributed by atoms with van der Waals surface area (Å²) in [6.45, 7) is 4.75. The quantitative estimate of drug-likeness (QED) is 0.824. The van der Waals surface area contributed by atoms with E-state index in [4.69, 9.17) is 0 Å². The molecule has 2 aliphatic rings. The van der Waals surface area contributed by atoms with Crippen molar-refractivity contribution >= 4 is 11.8 Å². The number of rotatable bonds is 5. The minimum absolute atomic E-state index is 0.168. The molecule has 0 aromatic heterocycles. The van der Waals surface area contributed by atoms with Crippen LogP contribution in [0.25, 0.3) is 0 Å². The minimum Gasteiger partial charge on any atom is -0.339 e. The first kappa shape index (κ1) is 18.0. The molecule has 25 heavy (non-hydrogen) atoms. The van der Waals surface area contributed by atoms with Crippen molar-refractivity contribution in [3.05, 3.63) is 35.4 Å². The predicted octanol–water partition coefficient (Wildman–Crippen LogP) is 3.18. The van der Waals surface area contributed by atoms with Crippen LogP contribution in [-0.4, -0.2) is 47.8 Å². The molecule has 4 nitrogen and oxygen atoms in total. The van der Waals surface area contributed by atoms with Gasteiger partial charge in [-0.3, -0.25) is 9.59 Å². The lowest BCUT2D eigenvalue weighted by atomic mass is 10.0. The van der Waals surface area contributed by atoms with E-state index in [-0.39, 0.29) is 11.8 Å². The summed E-state index contributed by atoms with van der Waals surface area (Å²) >= 11 is 0. The number of benzene rings is 1. The Hall–Kier alpha value is -1.84. The molecule has 1 aromatic carbocycles. The van der Waals surface area contributed by atoms with Crippen molar-refractivity contribution in [2.45, 2.75) is 51.9 Å². The van der Waals surface area contributed by atoms with Crippen molar-refractivity contribution in [1.82, 2.24) is 9.80 Å². The Morgan fingerprint density at radius 3 is 2.08 bits per heavy atom. The molecule has 1 heterocycles. The van der Waals surface area contributed by atoms with E-state index >= 15 is 0 Å². The molecule has 2 amide bonds. The number of carbonyl (C=O) groups is 2. The van der Waals surface area contributed by atoms with Crippen LogP contribution in [0.4, 0.5) is 0 Å². The van der Waals surface area contributed by atoms with Gasteiger partial charge < -0.3 is 9.80 Å². The fourth-order valence-electron chi connectivity index (χ4n) is 3.98. The Kier molecular flexibility index (Phi) is 6.11. The molecule has 3 rings (SSSR count). The van der Waals surface area contributed by atoms with Crippen molar-refractivity contribution in [2.24, 2.45) is 5.92 Å². The summed E-state index contributed by atoms with van der Waals surface area (Å²) in [5, 5.41) is 0. The van der Waals surface area contributed by atoms with Crippen LogP contribution in [0.1, 0.15) is 49.7 Å². The van der Waals surface area contributed by atoms with Gasteiger partial charge in [0, 0.05) is 32.6 Å². The second-order valence-corrected chi connectivity index (χ2v) is 7.61. The largest absolute Gasteiger partial charge is 0.339 e. The highest BCUT2D eigenvalue weighted by Crippen LogP contribution is 2.28. The van der Waals surface area contributed by atoms with Gasteiger partial charge in [0.1, 0.15) is 0 Å². The maximum Gasteiger partial charge on any atom is 0.227 e. The van der Waals surface area contributed by atoms with Crippen molar-refractivity contribution in [3.8, 4) is 0 Å². The fourth-order valence-corrected chi connectivity index (χ4v) is 3.98. The first-order valence-corrected chi connectivity index (χ1v) is 9.73. The summed E-state index contributed by atoms with van der Waals surface area (Å²) in [6, 6.07) is 8.14. The Labute approximate surface area is 151 Å². The molecule has 0 spiro atoms. The minimum atomic E-state index is 0.168. The van der Waals surface area contributed by atoms with E-state index < -0.39 is 0 Å². The van der Waals surface area contributed by atoms with Gasteiger partial charge in [0.05, 0.1) is 6.42 Å². The highest BCUT2D eigenvalue weighted by Gasteiger charge is 2.25. The van der Waals surface area contributed by atoms with Crippen molar-refractivity contribution in [1.29, 1.82) is 0 Å². The Balaban J connectivity index is 1.40. The van der Waals surface area contributed by atoms with E-state index in [1.165, 1.54) is 31.2 Å². The molecule has 136 valence electrons. The summed E-state index contributed by atoms with van der Waals surface area (Å²) in [4.78, 5) is 28.7. The molecule has 0 unspecified atom stereocenters. The average molecular weight is 342 g/mol. The van der Waals surface area contributed by atoms with Crippen LogP contribution >= 0.6 is 0 Å². The third-order valence-corrected chi connectivity index (χ3v) is 5.70. The van der Waals surface area contributed by atoms with Crippen LogP contribution in [0, 0.1) is 12.8 Å². The summed E-state index contributed by atoms with van der Waals surface area (Å²) in [7, 11) is 0. The highest BCUT2D eigenvalue weighted by molar-refractivity contribution is 5.80. The Bertz CT molecular complexity index is 582. The van der Waals surface area contributed by atoms with Gasteiger partial charge in [-0.05, 0) is 24.8 Å². The van der Waals surface area contributed by atoms with Crippen LogP contribution in [0.5, 0.6) is 0 Å². The number of amides is 2. The molecule has 2 fully saturated rings. The van der Waals surface area contributed by atoms with Gasteiger partial charge in [-0.25, -0.2) is 0 Å².